The highest BCUT2D eigenvalue weighted by molar-refractivity contribution is 5.92. The molecule has 8 heteroatoms. The standard InChI is InChI=1S/C22H26N4O4/c27-18(24-17-3-1-2-16(9-17)19-25-21(29)30-26-19)4-5-23-20(28)22-10-13-6-14(11-22)8-15(7-13)12-22/h1-3,9,13-15H,4-8,10-12H2,(H,23,28)(H,24,27)(H,25,26,29). The Labute approximate surface area is 173 Å². The lowest BCUT2D eigenvalue weighted by molar-refractivity contribution is -0.146. The maximum Gasteiger partial charge on any atom is 0.439 e. The number of hydrogen-bond donors (Lipinski definition) is 3. The second-order valence-corrected chi connectivity index (χ2v) is 9.28. The third kappa shape index (κ3) is 3.66. The highest BCUT2D eigenvalue weighted by Crippen LogP contribution is 2.60. The molecule has 0 saturated heterocycles. The lowest BCUT2D eigenvalue weighted by Crippen LogP contribution is -2.53. The summed E-state index contributed by atoms with van der Waals surface area (Å²) in [4.78, 5) is 38.9. The van der Waals surface area contributed by atoms with E-state index in [1.807, 2.05) is 0 Å². The fourth-order valence-electron chi connectivity index (χ4n) is 6.19. The Morgan fingerprint density at radius 1 is 1.13 bits per heavy atom. The molecule has 0 spiro atoms. The van der Waals surface area contributed by atoms with E-state index in [1.54, 1.807) is 24.3 Å². The molecule has 4 bridgehead atoms. The summed E-state index contributed by atoms with van der Waals surface area (Å²) in [5.41, 5.74) is 1.04. The molecule has 1 heterocycles. The number of carbonyl (C=O) groups is 2. The highest BCUT2D eigenvalue weighted by atomic mass is 16.5. The average Bonchev–Trinajstić information content (AvgIpc) is 3.13. The van der Waals surface area contributed by atoms with Crippen molar-refractivity contribution in [1.82, 2.24) is 15.5 Å². The lowest BCUT2D eigenvalue weighted by atomic mass is 9.49. The van der Waals surface area contributed by atoms with Crippen molar-refractivity contribution in [2.24, 2.45) is 23.2 Å². The van der Waals surface area contributed by atoms with E-state index in [0.29, 0.717) is 23.6 Å². The zero-order valence-electron chi connectivity index (χ0n) is 16.8. The average molecular weight is 410 g/mol. The predicted molar refractivity (Wildman–Crippen MR) is 109 cm³/mol. The zero-order valence-corrected chi connectivity index (χ0v) is 16.8. The van der Waals surface area contributed by atoms with Crippen LogP contribution < -0.4 is 16.4 Å². The molecule has 0 unspecified atom stereocenters. The zero-order chi connectivity index (χ0) is 20.7. The maximum absolute atomic E-state index is 13.0. The molecule has 1 aromatic carbocycles. The second kappa shape index (κ2) is 7.41. The molecule has 4 fully saturated rings. The van der Waals surface area contributed by atoms with Gasteiger partial charge in [0.1, 0.15) is 0 Å². The van der Waals surface area contributed by atoms with Crippen molar-refractivity contribution in [3.8, 4) is 11.4 Å². The second-order valence-electron chi connectivity index (χ2n) is 9.28. The molecular formula is C22H26N4O4. The first-order valence-electron chi connectivity index (χ1n) is 10.7. The lowest BCUT2D eigenvalue weighted by Gasteiger charge is -2.55. The molecule has 0 radical (unpaired) electrons. The van der Waals surface area contributed by atoms with Crippen LogP contribution >= 0.6 is 0 Å². The number of aromatic nitrogens is 2. The summed E-state index contributed by atoms with van der Waals surface area (Å²) in [6.45, 7) is 0.336. The predicted octanol–water partition coefficient (Wildman–Crippen LogP) is 2.69. The number of H-pyrrole nitrogens is 1. The van der Waals surface area contributed by atoms with E-state index in [1.165, 1.54) is 19.3 Å². The summed E-state index contributed by atoms with van der Waals surface area (Å²) in [7, 11) is 0. The van der Waals surface area contributed by atoms with Crippen molar-refractivity contribution in [3.63, 3.8) is 0 Å². The Bertz CT molecular complexity index is 989. The number of rotatable bonds is 6. The van der Waals surface area contributed by atoms with Crippen molar-refractivity contribution in [3.05, 3.63) is 34.8 Å². The Balaban J connectivity index is 1.14. The number of aromatic amines is 1. The number of carbonyl (C=O) groups excluding carboxylic acids is 2. The van der Waals surface area contributed by atoms with E-state index in [4.69, 9.17) is 0 Å². The molecule has 6 rings (SSSR count). The fourth-order valence-corrected chi connectivity index (χ4v) is 6.19. The molecule has 0 aliphatic heterocycles. The molecule has 158 valence electrons. The van der Waals surface area contributed by atoms with Gasteiger partial charge in [0.2, 0.25) is 11.8 Å². The van der Waals surface area contributed by atoms with Crippen LogP contribution in [0.2, 0.25) is 0 Å². The van der Waals surface area contributed by atoms with Crippen LogP contribution in [-0.2, 0) is 9.59 Å². The highest BCUT2D eigenvalue weighted by Gasteiger charge is 2.54. The van der Waals surface area contributed by atoms with Crippen molar-refractivity contribution in [1.29, 1.82) is 0 Å². The van der Waals surface area contributed by atoms with Gasteiger partial charge in [-0.25, -0.2) is 4.79 Å². The first-order valence-corrected chi connectivity index (χ1v) is 10.7. The van der Waals surface area contributed by atoms with Crippen LogP contribution in [0, 0.1) is 23.2 Å². The first-order chi connectivity index (χ1) is 14.5. The number of benzene rings is 1. The molecular weight excluding hydrogens is 384 g/mol. The summed E-state index contributed by atoms with van der Waals surface area (Å²) >= 11 is 0. The molecule has 2 aromatic rings. The number of amides is 2. The Morgan fingerprint density at radius 2 is 1.83 bits per heavy atom. The summed E-state index contributed by atoms with van der Waals surface area (Å²) < 4.78 is 4.51. The minimum atomic E-state index is -0.630. The molecule has 8 nitrogen and oxygen atoms in total. The molecule has 3 N–H and O–H groups in total. The van der Waals surface area contributed by atoms with E-state index >= 15 is 0 Å². The molecule has 4 aliphatic rings. The third-order valence-corrected chi connectivity index (χ3v) is 7.02. The van der Waals surface area contributed by atoms with E-state index in [-0.39, 0.29) is 23.7 Å². The SMILES string of the molecule is O=C(CCNC(=O)C12CC3CC(CC(C3)C1)C2)Nc1cccc(-c2noc(=O)[nH]2)c1. The van der Waals surface area contributed by atoms with Crippen LogP contribution in [0.3, 0.4) is 0 Å². The first kappa shape index (κ1) is 19.1. The Kier molecular flexibility index (Phi) is 4.72. The van der Waals surface area contributed by atoms with Crippen LogP contribution in [0.4, 0.5) is 5.69 Å². The van der Waals surface area contributed by atoms with Crippen LogP contribution in [0.5, 0.6) is 0 Å². The number of hydrogen-bond acceptors (Lipinski definition) is 5. The Morgan fingerprint density at radius 3 is 2.47 bits per heavy atom. The van der Waals surface area contributed by atoms with Gasteiger partial charge in [-0.1, -0.05) is 17.3 Å². The smallest absolute Gasteiger partial charge is 0.355 e. The minimum Gasteiger partial charge on any atom is -0.355 e. The van der Waals surface area contributed by atoms with Crippen LogP contribution in [0.25, 0.3) is 11.4 Å². The van der Waals surface area contributed by atoms with E-state index in [0.717, 1.165) is 37.0 Å². The van der Waals surface area contributed by atoms with E-state index in [2.05, 4.69) is 25.3 Å². The van der Waals surface area contributed by atoms with Gasteiger partial charge < -0.3 is 10.6 Å². The van der Waals surface area contributed by atoms with Crippen LogP contribution in [0.1, 0.15) is 44.9 Å². The molecule has 2 amide bonds. The fraction of sp³-hybridized carbons (Fsp3) is 0.545. The van der Waals surface area contributed by atoms with Gasteiger partial charge in [0.25, 0.3) is 0 Å². The quantitative estimate of drug-likeness (QED) is 0.677. The monoisotopic (exact) mass is 410 g/mol. The summed E-state index contributed by atoms with van der Waals surface area (Å²) in [6, 6.07) is 6.98. The number of nitrogens with one attached hydrogen (secondary N) is 3. The summed E-state index contributed by atoms with van der Waals surface area (Å²) in [6.07, 6.45) is 7.18. The van der Waals surface area contributed by atoms with Crippen molar-refractivity contribution >= 4 is 17.5 Å². The van der Waals surface area contributed by atoms with Gasteiger partial charge in [0.15, 0.2) is 5.82 Å². The third-order valence-electron chi connectivity index (χ3n) is 7.02. The molecule has 4 saturated carbocycles. The van der Waals surface area contributed by atoms with Crippen molar-refractivity contribution < 1.29 is 14.1 Å². The maximum atomic E-state index is 13.0. The molecule has 30 heavy (non-hydrogen) atoms. The molecule has 0 atom stereocenters. The van der Waals surface area contributed by atoms with Crippen LogP contribution in [0.15, 0.2) is 33.6 Å². The van der Waals surface area contributed by atoms with Crippen molar-refractivity contribution in [2.75, 3.05) is 11.9 Å². The van der Waals surface area contributed by atoms with Crippen molar-refractivity contribution in [2.45, 2.75) is 44.9 Å². The number of nitrogens with zero attached hydrogens (tertiary/aromatic N) is 1. The Hall–Kier alpha value is -2.90. The van der Waals surface area contributed by atoms with E-state index in [9.17, 15) is 14.4 Å². The van der Waals surface area contributed by atoms with Gasteiger partial charge in [-0.05, 0) is 68.4 Å². The summed E-state index contributed by atoms with van der Waals surface area (Å²) in [5.74, 6) is 1.80. The van der Waals surface area contributed by atoms with Gasteiger partial charge in [-0.3, -0.25) is 19.1 Å². The number of anilines is 1. The normalized spacial score (nSPS) is 29.0. The summed E-state index contributed by atoms with van der Waals surface area (Å²) in [5, 5.41) is 9.51. The molecule has 1 aromatic heterocycles. The largest absolute Gasteiger partial charge is 0.439 e. The van der Waals surface area contributed by atoms with Gasteiger partial charge in [-0.15, -0.1) is 0 Å². The minimum absolute atomic E-state index is 0.145. The van der Waals surface area contributed by atoms with Gasteiger partial charge >= 0.3 is 5.76 Å². The van der Waals surface area contributed by atoms with Gasteiger partial charge in [0, 0.05) is 29.6 Å². The van der Waals surface area contributed by atoms with Crippen LogP contribution in [-0.4, -0.2) is 28.5 Å². The van der Waals surface area contributed by atoms with Gasteiger partial charge in [0.05, 0.1) is 0 Å². The topological polar surface area (TPSA) is 117 Å². The molecule has 4 aliphatic carbocycles. The van der Waals surface area contributed by atoms with E-state index < -0.39 is 5.76 Å². The van der Waals surface area contributed by atoms with Gasteiger partial charge in [-0.2, -0.15) is 0 Å².